The zero-order valence-corrected chi connectivity index (χ0v) is 17.6. The second-order valence-electron chi connectivity index (χ2n) is 5.65. The fourth-order valence-electron chi connectivity index (χ4n) is 2.34. The van der Waals surface area contributed by atoms with Crippen LogP contribution in [-0.2, 0) is 6.42 Å². The Hall–Kier alpha value is -2.26. The quantitative estimate of drug-likeness (QED) is 0.474. The molecule has 0 spiro atoms. The first-order chi connectivity index (χ1) is 13.5. The number of aromatic nitrogens is 2. The number of hydrogen-bond donors (Lipinski definition) is 3. The van der Waals surface area contributed by atoms with Crippen molar-refractivity contribution in [2.24, 2.45) is 0 Å². The van der Waals surface area contributed by atoms with Crippen LogP contribution in [0.3, 0.4) is 0 Å². The van der Waals surface area contributed by atoms with E-state index in [9.17, 15) is 4.79 Å². The molecule has 0 aliphatic carbocycles. The van der Waals surface area contributed by atoms with E-state index in [-0.39, 0.29) is 11.6 Å². The number of carbonyl (C=O) groups excluding carboxylic acids is 1. The van der Waals surface area contributed by atoms with Gasteiger partial charge in [0.25, 0.3) is 5.91 Å². The minimum absolute atomic E-state index is 0.288. The van der Waals surface area contributed by atoms with Crippen LogP contribution in [0.4, 0.5) is 11.4 Å². The van der Waals surface area contributed by atoms with Crippen LogP contribution in [0.5, 0.6) is 0 Å². The average molecular weight is 452 g/mol. The molecular formula is C18H15Cl2N5OS2. The Morgan fingerprint density at radius 2 is 1.68 bits per heavy atom. The summed E-state index contributed by atoms with van der Waals surface area (Å²) in [5, 5.41) is 16.0. The molecule has 0 radical (unpaired) electrons. The SMILES string of the molecule is O=C(Nc1ccc(NC(=S)NCCc2c(Cl)cccc2Cl)cc1)c1csnn1. The predicted molar refractivity (Wildman–Crippen MR) is 119 cm³/mol. The van der Waals surface area contributed by atoms with E-state index in [2.05, 4.69) is 25.5 Å². The Bertz CT molecular complexity index is 944. The van der Waals surface area contributed by atoms with Gasteiger partial charge in [0.2, 0.25) is 0 Å². The maximum Gasteiger partial charge on any atom is 0.277 e. The number of rotatable bonds is 6. The molecule has 0 unspecified atom stereocenters. The second-order valence-corrected chi connectivity index (χ2v) is 7.49. The first-order valence-electron chi connectivity index (χ1n) is 8.19. The molecule has 2 aromatic carbocycles. The van der Waals surface area contributed by atoms with Crippen molar-refractivity contribution in [2.45, 2.75) is 6.42 Å². The zero-order chi connectivity index (χ0) is 19.9. The molecule has 6 nitrogen and oxygen atoms in total. The van der Waals surface area contributed by atoms with Crippen molar-refractivity contribution < 1.29 is 4.79 Å². The number of halogens is 2. The van der Waals surface area contributed by atoms with Crippen LogP contribution in [-0.4, -0.2) is 27.2 Å². The van der Waals surface area contributed by atoms with Crippen molar-refractivity contribution in [3.8, 4) is 0 Å². The molecule has 10 heteroatoms. The summed E-state index contributed by atoms with van der Waals surface area (Å²) in [7, 11) is 0. The van der Waals surface area contributed by atoms with E-state index in [4.69, 9.17) is 35.4 Å². The van der Waals surface area contributed by atoms with Crippen molar-refractivity contribution in [1.82, 2.24) is 14.9 Å². The molecule has 1 heterocycles. The summed E-state index contributed by atoms with van der Waals surface area (Å²) < 4.78 is 3.67. The van der Waals surface area contributed by atoms with E-state index < -0.39 is 0 Å². The smallest absolute Gasteiger partial charge is 0.277 e. The summed E-state index contributed by atoms with van der Waals surface area (Å²) in [6.07, 6.45) is 0.650. The summed E-state index contributed by atoms with van der Waals surface area (Å²) in [6, 6.07) is 12.6. The summed E-state index contributed by atoms with van der Waals surface area (Å²) >= 11 is 18.7. The van der Waals surface area contributed by atoms with Gasteiger partial charge in [-0.2, -0.15) is 0 Å². The van der Waals surface area contributed by atoms with Crippen molar-refractivity contribution >= 4 is 69.3 Å². The molecule has 28 heavy (non-hydrogen) atoms. The van der Waals surface area contributed by atoms with Gasteiger partial charge >= 0.3 is 0 Å². The maximum absolute atomic E-state index is 11.9. The van der Waals surface area contributed by atoms with Crippen molar-refractivity contribution in [2.75, 3.05) is 17.2 Å². The van der Waals surface area contributed by atoms with Crippen LogP contribution in [0, 0.1) is 0 Å². The van der Waals surface area contributed by atoms with Gasteiger partial charge in [0, 0.05) is 33.3 Å². The van der Waals surface area contributed by atoms with Crippen molar-refractivity contribution in [1.29, 1.82) is 0 Å². The van der Waals surface area contributed by atoms with Gasteiger partial charge in [-0.1, -0.05) is 33.8 Å². The third-order valence-corrected chi connectivity index (χ3v) is 5.17. The van der Waals surface area contributed by atoms with Crippen molar-refractivity contribution in [3.05, 3.63) is 69.1 Å². The molecule has 0 saturated heterocycles. The predicted octanol–water partition coefficient (Wildman–Crippen LogP) is 4.63. The van der Waals surface area contributed by atoms with Gasteiger partial charge in [-0.05, 0) is 72.1 Å². The van der Waals surface area contributed by atoms with Crippen LogP contribution < -0.4 is 16.0 Å². The van der Waals surface area contributed by atoms with E-state index in [1.807, 2.05) is 30.3 Å². The maximum atomic E-state index is 11.9. The Labute approximate surface area is 181 Å². The molecule has 0 atom stereocenters. The van der Waals surface area contributed by atoms with Crippen LogP contribution >= 0.6 is 47.0 Å². The second kappa shape index (κ2) is 9.79. The Morgan fingerprint density at radius 1 is 1.04 bits per heavy atom. The van der Waals surface area contributed by atoms with E-state index in [1.54, 1.807) is 17.5 Å². The Morgan fingerprint density at radius 3 is 2.29 bits per heavy atom. The standard InChI is InChI=1S/C18H15Cl2N5OS2/c19-14-2-1-3-15(20)13(14)8-9-21-18(27)23-12-6-4-11(5-7-12)22-17(26)16-10-28-25-24-16/h1-7,10H,8-9H2,(H,22,26)(H2,21,23,27). The summed E-state index contributed by atoms with van der Waals surface area (Å²) in [5.74, 6) is -0.301. The fraction of sp³-hybridized carbons (Fsp3) is 0.111. The molecule has 144 valence electrons. The lowest BCUT2D eigenvalue weighted by atomic mass is 10.1. The molecule has 0 fully saturated rings. The molecule has 0 aliphatic heterocycles. The first-order valence-corrected chi connectivity index (χ1v) is 10.2. The van der Waals surface area contributed by atoms with Gasteiger partial charge in [-0.15, -0.1) is 5.10 Å². The van der Waals surface area contributed by atoms with E-state index >= 15 is 0 Å². The number of nitrogens with zero attached hydrogens (tertiary/aromatic N) is 2. The first kappa shape index (κ1) is 20.5. The third kappa shape index (κ3) is 5.62. The summed E-state index contributed by atoms with van der Waals surface area (Å²) in [6.45, 7) is 0.588. The topological polar surface area (TPSA) is 78.9 Å². The highest BCUT2D eigenvalue weighted by atomic mass is 35.5. The molecule has 1 aromatic heterocycles. The van der Waals surface area contributed by atoms with Crippen LogP contribution in [0.25, 0.3) is 0 Å². The molecule has 0 aliphatic rings. The monoisotopic (exact) mass is 451 g/mol. The summed E-state index contributed by atoms with van der Waals surface area (Å²) in [4.78, 5) is 11.9. The number of carbonyl (C=O) groups is 1. The third-order valence-electron chi connectivity index (χ3n) is 3.72. The minimum atomic E-state index is -0.301. The van der Waals surface area contributed by atoms with Gasteiger partial charge in [0.05, 0.1) is 0 Å². The largest absolute Gasteiger partial charge is 0.362 e. The molecular weight excluding hydrogens is 437 g/mol. The minimum Gasteiger partial charge on any atom is -0.362 e. The molecule has 3 rings (SSSR count). The number of nitrogens with one attached hydrogen (secondary N) is 3. The van der Waals surface area contributed by atoms with E-state index in [0.717, 1.165) is 22.8 Å². The van der Waals surface area contributed by atoms with Crippen LogP contribution in [0.2, 0.25) is 10.0 Å². The molecule has 1 amide bonds. The molecule has 0 saturated carbocycles. The summed E-state index contributed by atoms with van der Waals surface area (Å²) in [5.41, 5.74) is 2.62. The van der Waals surface area contributed by atoms with Gasteiger partial charge in [-0.25, -0.2) is 0 Å². The number of amides is 1. The van der Waals surface area contributed by atoms with Gasteiger partial charge in [0.1, 0.15) is 0 Å². The lowest BCUT2D eigenvalue weighted by molar-refractivity contribution is 0.102. The molecule has 3 aromatic rings. The highest BCUT2D eigenvalue weighted by Gasteiger charge is 2.09. The van der Waals surface area contributed by atoms with E-state index in [1.165, 1.54) is 0 Å². The Kier molecular flexibility index (Phi) is 7.16. The highest BCUT2D eigenvalue weighted by Crippen LogP contribution is 2.24. The number of hydrogen-bond acceptors (Lipinski definition) is 5. The van der Waals surface area contributed by atoms with Gasteiger partial charge < -0.3 is 16.0 Å². The average Bonchev–Trinajstić information content (AvgIpc) is 3.21. The van der Waals surface area contributed by atoms with Crippen LogP contribution in [0.1, 0.15) is 16.1 Å². The normalized spacial score (nSPS) is 10.4. The lowest BCUT2D eigenvalue weighted by Gasteiger charge is -2.12. The van der Waals surface area contributed by atoms with Crippen molar-refractivity contribution in [3.63, 3.8) is 0 Å². The highest BCUT2D eigenvalue weighted by molar-refractivity contribution is 7.80. The van der Waals surface area contributed by atoms with Gasteiger partial charge in [0.15, 0.2) is 10.8 Å². The number of benzene rings is 2. The zero-order valence-electron chi connectivity index (χ0n) is 14.4. The van der Waals surface area contributed by atoms with Gasteiger partial charge in [-0.3, -0.25) is 4.79 Å². The van der Waals surface area contributed by atoms with E-state index in [0.29, 0.717) is 33.8 Å². The number of anilines is 2. The molecule has 0 bridgehead atoms. The fourth-order valence-corrected chi connectivity index (χ4v) is 3.59. The lowest BCUT2D eigenvalue weighted by Crippen LogP contribution is -2.30. The molecule has 3 N–H and O–H groups in total. The van der Waals surface area contributed by atoms with Crippen LogP contribution in [0.15, 0.2) is 47.8 Å². The Balaban J connectivity index is 1.47. The number of thiocarbonyl (C=S) groups is 1.